The van der Waals surface area contributed by atoms with E-state index in [1.165, 1.54) is 11.3 Å². The molecule has 0 unspecified atom stereocenters. The lowest BCUT2D eigenvalue weighted by Gasteiger charge is -2.19. The van der Waals surface area contributed by atoms with Crippen LogP contribution in [0.2, 0.25) is 0 Å². The highest BCUT2D eigenvalue weighted by Crippen LogP contribution is 2.27. The average Bonchev–Trinajstić information content (AvgIpc) is 3.00. The van der Waals surface area contributed by atoms with E-state index in [1.54, 1.807) is 20.8 Å². The Balaban J connectivity index is 1.93. The zero-order chi connectivity index (χ0) is 19.3. The molecule has 2 N–H and O–H groups in total. The Morgan fingerprint density at radius 1 is 1.27 bits per heavy atom. The molecule has 2 rings (SSSR count). The Hall–Kier alpha value is -2.61. The number of alkyl carbamates (subject to hydrolysis) is 1. The summed E-state index contributed by atoms with van der Waals surface area (Å²) in [5.74, 6) is -0.362. The maximum Gasteiger partial charge on any atom is 0.408 e. The lowest BCUT2D eigenvalue weighted by atomic mass is 10.1. The minimum absolute atomic E-state index is 0.181. The van der Waals surface area contributed by atoms with E-state index in [-0.39, 0.29) is 12.5 Å². The molecule has 26 heavy (non-hydrogen) atoms. The number of benzene rings is 1. The second-order valence-corrected chi connectivity index (χ2v) is 7.74. The number of hydrogen-bond acceptors (Lipinski definition) is 6. The second-order valence-electron chi connectivity index (χ2n) is 6.89. The van der Waals surface area contributed by atoms with Gasteiger partial charge in [0.15, 0.2) is 5.13 Å². The normalized spacial score (nSPS) is 11.0. The Kier molecular flexibility index (Phi) is 6.20. The SMILES string of the molecule is CN(C)c1cccc(-c2csc(NC(=O)CNC(=O)OC(C)(C)C)n2)c1. The fourth-order valence-electron chi connectivity index (χ4n) is 2.04. The van der Waals surface area contributed by atoms with Crippen LogP contribution in [0, 0.1) is 0 Å². The smallest absolute Gasteiger partial charge is 0.408 e. The first kappa shape index (κ1) is 19.7. The number of rotatable bonds is 5. The minimum Gasteiger partial charge on any atom is -0.444 e. The van der Waals surface area contributed by atoms with Gasteiger partial charge in [0.05, 0.1) is 5.69 Å². The monoisotopic (exact) mass is 376 g/mol. The molecule has 0 aliphatic rings. The van der Waals surface area contributed by atoms with Crippen LogP contribution in [0.5, 0.6) is 0 Å². The second kappa shape index (κ2) is 8.18. The van der Waals surface area contributed by atoms with E-state index in [0.717, 1.165) is 16.9 Å². The molecule has 1 heterocycles. The third kappa shape index (κ3) is 6.03. The summed E-state index contributed by atoms with van der Waals surface area (Å²) < 4.78 is 5.08. The number of carbonyl (C=O) groups is 2. The van der Waals surface area contributed by atoms with Crippen molar-refractivity contribution in [3.8, 4) is 11.3 Å². The molecular weight excluding hydrogens is 352 g/mol. The molecule has 0 fully saturated rings. The predicted molar refractivity (Wildman–Crippen MR) is 105 cm³/mol. The molecule has 0 spiro atoms. The van der Waals surface area contributed by atoms with Gasteiger partial charge in [-0.05, 0) is 32.9 Å². The summed E-state index contributed by atoms with van der Waals surface area (Å²) in [6.07, 6.45) is -0.632. The van der Waals surface area contributed by atoms with Crippen molar-refractivity contribution in [2.24, 2.45) is 0 Å². The van der Waals surface area contributed by atoms with E-state index in [1.807, 2.05) is 48.6 Å². The summed E-state index contributed by atoms with van der Waals surface area (Å²) in [6, 6.07) is 7.98. The van der Waals surface area contributed by atoms with Crippen molar-refractivity contribution in [1.29, 1.82) is 0 Å². The van der Waals surface area contributed by atoms with Crippen LogP contribution in [0.15, 0.2) is 29.6 Å². The van der Waals surface area contributed by atoms with Crippen LogP contribution in [0.25, 0.3) is 11.3 Å². The summed E-state index contributed by atoms with van der Waals surface area (Å²) in [5, 5.41) is 7.45. The molecule has 0 radical (unpaired) electrons. The van der Waals surface area contributed by atoms with Gasteiger partial charge in [-0.1, -0.05) is 12.1 Å². The molecule has 0 atom stereocenters. The van der Waals surface area contributed by atoms with Gasteiger partial charge in [0.25, 0.3) is 0 Å². The van der Waals surface area contributed by atoms with E-state index >= 15 is 0 Å². The number of nitrogens with one attached hydrogen (secondary N) is 2. The molecule has 1 aromatic carbocycles. The average molecular weight is 376 g/mol. The number of hydrogen-bond donors (Lipinski definition) is 2. The number of ether oxygens (including phenoxy) is 1. The van der Waals surface area contributed by atoms with Crippen LogP contribution in [0.3, 0.4) is 0 Å². The maximum atomic E-state index is 12.0. The number of nitrogens with zero attached hydrogens (tertiary/aromatic N) is 2. The predicted octanol–water partition coefficient (Wildman–Crippen LogP) is 3.34. The van der Waals surface area contributed by atoms with Gasteiger partial charge in [-0.15, -0.1) is 11.3 Å². The Bertz CT molecular complexity index is 781. The van der Waals surface area contributed by atoms with Crippen molar-refractivity contribution < 1.29 is 14.3 Å². The van der Waals surface area contributed by atoms with E-state index in [4.69, 9.17) is 4.74 Å². The van der Waals surface area contributed by atoms with Crippen LogP contribution in [-0.4, -0.2) is 43.2 Å². The summed E-state index contributed by atoms with van der Waals surface area (Å²) in [5.41, 5.74) is 2.22. The maximum absolute atomic E-state index is 12.0. The third-order valence-corrected chi connectivity index (χ3v) is 3.96. The molecule has 0 aliphatic carbocycles. The highest BCUT2D eigenvalue weighted by atomic mass is 32.1. The molecule has 0 bridgehead atoms. The molecule has 2 amide bonds. The summed E-state index contributed by atoms with van der Waals surface area (Å²) in [7, 11) is 3.95. The van der Waals surface area contributed by atoms with Crippen LogP contribution >= 0.6 is 11.3 Å². The van der Waals surface area contributed by atoms with Gasteiger partial charge in [0.2, 0.25) is 5.91 Å². The van der Waals surface area contributed by atoms with Gasteiger partial charge >= 0.3 is 6.09 Å². The molecular formula is C18H24N4O3S. The number of amides is 2. The zero-order valence-electron chi connectivity index (χ0n) is 15.6. The quantitative estimate of drug-likeness (QED) is 0.836. The molecule has 7 nitrogen and oxygen atoms in total. The van der Waals surface area contributed by atoms with E-state index < -0.39 is 11.7 Å². The topological polar surface area (TPSA) is 83.6 Å². The van der Waals surface area contributed by atoms with Crippen molar-refractivity contribution in [2.75, 3.05) is 30.9 Å². The van der Waals surface area contributed by atoms with Crippen molar-refractivity contribution in [3.63, 3.8) is 0 Å². The molecule has 1 aromatic heterocycles. The highest BCUT2D eigenvalue weighted by molar-refractivity contribution is 7.14. The van der Waals surface area contributed by atoms with Crippen molar-refractivity contribution in [2.45, 2.75) is 26.4 Å². The number of carbonyl (C=O) groups excluding carboxylic acids is 2. The number of thiazole rings is 1. The number of aromatic nitrogens is 1. The fraction of sp³-hybridized carbons (Fsp3) is 0.389. The zero-order valence-corrected chi connectivity index (χ0v) is 16.4. The lowest BCUT2D eigenvalue weighted by molar-refractivity contribution is -0.115. The van der Waals surface area contributed by atoms with E-state index in [0.29, 0.717) is 5.13 Å². The Labute approximate surface area is 157 Å². The van der Waals surface area contributed by atoms with Crippen molar-refractivity contribution in [1.82, 2.24) is 10.3 Å². The van der Waals surface area contributed by atoms with E-state index in [2.05, 4.69) is 15.6 Å². The molecule has 0 saturated heterocycles. The van der Waals surface area contributed by atoms with Crippen LogP contribution in [-0.2, 0) is 9.53 Å². The first-order chi connectivity index (χ1) is 12.1. The minimum atomic E-state index is -0.632. The molecule has 0 saturated carbocycles. The molecule has 8 heteroatoms. The highest BCUT2D eigenvalue weighted by Gasteiger charge is 2.17. The van der Waals surface area contributed by atoms with Gasteiger partial charge in [0.1, 0.15) is 12.1 Å². The number of anilines is 2. The van der Waals surface area contributed by atoms with Crippen LogP contribution in [0.4, 0.5) is 15.6 Å². The summed E-state index contributed by atoms with van der Waals surface area (Å²) in [4.78, 5) is 30.0. The molecule has 2 aromatic rings. The standard InChI is InChI=1S/C18H24N4O3S/c1-18(2,3)25-17(24)19-10-15(23)21-16-20-14(11-26-16)12-7-6-8-13(9-12)22(4)5/h6-9,11H,10H2,1-5H3,(H,19,24)(H,20,21,23). The van der Waals surface area contributed by atoms with Crippen LogP contribution < -0.4 is 15.5 Å². The summed E-state index contributed by atoms with van der Waals surface area (Å²) in [6.45, 7) is 5.10. The van der Waals surface area contributed by atoms with Crippen molar-refractivity contribution >= 4 is 34.2 Å². The first-order valence-corrected chi connectivity index (χ1v) is 9.02. The van der Waals surface area contributed by atoms with Crippen molar-refractivity contribution in [3.05, 3.63) is 29.6 Å². The van der Waals surface area contributed by atoms with Gasteiger partial charge in [-0.25, -0.2) is 9.78 Å². The Morgan fingerprint density at radius 2 is 2.00 bits per heavy atom. The summed E-state index contributed by atoms with van der Waals surface area (Å²) >= 11 is 1.33. The lowest BCUT2D eigenvalue weighted by Crippen LogP contribution is -2.37. The fourth-order valence-corrected chi connectivity index (χ4v) is 2.77. The van der Waals surface area contributed by atoms with Gasteiger partial charge in [-0.3, -0.25) is 4.79 Å². The third-order valence-electron chi connectivity index (χ3n) is 3.20. The molecule has 0 aliphatic heterocycles. The van der Waals surface area contributed by atoms with Gasteiger partial charge in [0, 0.05) is 30.7 Å². The van der Waals surface area contributed by atoms with Crippen LogP contribution in [0.1, 0.15) is 20.8 Å². The molecule has 140 valence electrons. The first-order valence-electron chi connectivity index (χ1n) is 8.14. The van der Waals surface area contributed by atoms with Gasteiger partial charge in [-0.2, -0.15) is 0 Å². The Morgan fingerprint density at radius 3 is 2.65 bits per heavy atom. The largest absolute Gasteiger partial charge is 0.444 e. The van der Waals surface area contributed by atoms with E-state index in [9.17, 15) is 9.59 Å². The van der Waals surface area contributed by atoms with Gasteiger partial charge < -0.3 is 20.3 Å².